The van der Waals surface area contributed by atoms with E-state index in [4.69, 9.17) is 0 Å². The van der Waals surface area contributed by atoms with Crippen LogP contribution in [0.2, 0.25) is 0 Å². The lowest BCUT2D eigenvalue weighted by atomic mass is 9.71. The number of nitrogens with zero attached hydrogens (tertiary/aromatic N) is 2. The standard InChI is InChI=1S/C73H56N2/c1-73(2)65-25-10-9-23-59(65)60-41-38-54(44-66(60)73)72-62-43-40-55(74-67-26-11-4-17-49(67)32-33-50-18-5-12-27-68(50)74)45-63(62)71(53-36-30-48(31-37-53)58-24-15-21-47-16-3-8-22-57(47)58)61-42-39-56(46-64(61)72)75-69-28-13-6-19-51(69)34-35-52-20-7-14-29-70(52)75/h3-31,36-43,45-46,66H,32-35,44H2,1-2H3. The number of aryl methyl sites for hydroxylation is 4. The number of anilines is 6. The van der Waals surface area contributed by atoms with Crippen molar-refractivity contribution in [3.63, 3.8) is 0 Å². The first kappa shape index (κ1) is 43.8. The largest absolute Gasteiger partial charge is 0.310 e. The van der Waals surface area contributed by atoms with Crippen LogP contribution < -0.4 is 9.80 Å². The maximum atomic E-state index is 2.55. The summed E-state index contributed by atoms with van der Waals surface area (Å²) in [6.07, 6.45) is 9.90. The lowest BCUT2D eigenvalue weighted by Gasteiger charge is -2.33. The fourth-order valence-corrected chi connectivity index (χ4v) is 13.8. The van der Waals surface area contributed by atoms with Crippen molar-refractivity contribution in [2.45, 2.75) is 51.4 Å². The first-order valence-corrected chi connectivity index (χ1v) is 27.0. The quantitative estimate of drug-likeness (QED) is 0.159. The van der Waals surface area contributed by atoms with Crippen molar-refractivity contribution in [1.82, 2.24) is 0 Å². The molecule has 0 fully saturated rings. The Kier molecular flexibility index (Phi) is 10.0. The van der Waals surface area contributed by atoms with Gasteiger partial charge in [0.25, 0.3) is 0 Å². The molecule has 2 aliphatic carbocycles. The molecule has 11 aromatic rings. The van der Waals surface area contributed by atoms with Crippen LogP contribution in [0.4, 0.5) is 34.1 Å². The predicted octanol–water partition coefficient (Wildman–Crippen LogP) is 19.4. The van der Waals surface area contributed by atoms with E-state index in [0.29, 0.717) is 5.92 Å². The molecule has 0 N–H and O–H groups in total. The number of allylic oxidation sites excluding steroid dienone is 4. The minimum atomic E-state index is -0.0232. The Hall–Kier alpha value is -8.72. The van der Waals surface area contributed by atoms with Gasteiger partial charge in [-0.05, 0) is 197 Å². The van der Waals surface area contributed by atoms with Crippen molar-refractivity contribution in [3.8, 4) is 22.3 Å². The maximum Gasteiger partial charge on any atom is 0.0493 e. The molecule has 15 rings (SSSR count). The van der Waals surface area contributed by atoms with Gasteiger partial charge >= 0.3 is 0 Å². The molecule has 75 heavy (non-hydrogen) atoms. The van der Waals surface area contributed by atoms with Crippen LogP contribution in [-0.2, 0) is 31.1 Å². The Morgan fingerprint density at radius 2 is 0.840 bits per heavy atom. The van der Waals surface area contributed by atoms with Gasteiger partial charge in [-0.3, -0.25) is 0 Å². The Bertz CT molecular complexity index is 4110. The molecular formula is C73H56N2. The van der Waals surface area contributed by atoms with Gasteiger partial charge in [0.15, 0.2) is 0 Å². The number of rotatable bonds is 5. The minimum Gasteiger partial charge on any atom is -0.310 e. The molecule has 0 radical (unpaired) electrons. The van der Waals surface area contributed by atoms with Crippen molar-refractivity contribution in [3.05, 3.63) is 276 Å². The van der Waals surface area contributed by atoms with Gasteiger partial charge in [0.1, 0.15) is 0 Å². The van der Waals surface area contributed by atoms with Crippen LogP contribution in [0.3, 0.4) is 0 Å². The molecule has 1 unspecified atom stereocenters. The van der Waals surface area contributed by atoms with Gasteiger partial charge in [0.05, 0.1) is 0 Å². The average molecular weight is 961 g/mol. The van der Waals surface area contributed by atoms with E-state index in [-0.39, 0.29) is 5.41 Å². The molecule has 0 amide bonds. The summed E-state index contributed by atoms with van der Waals surface area (Å²) in [5.74, 6) is 0.346. The van der Waals surface area contributed by atoms with Crippen molar-refractivity contribution in [2.24, 2.45) is 5.92 Å². The molecular weight excluding hydrogens is 905 g/mol. The van der Waals surface area contributed by atoms with E-state index in [1.807, 2.05) is 0 Å². The summed E-state index contributed by atoms with van der Waals surface area (Å²) < 4.78 is 0. The van der Waals surface area contributed by atoms with E-state index in [1.54, 1.807) is 0 Å². The van der Waals surface area contributed by atoms with Crippen molar-refractivity contribution >= 4 is 77.6 Å². The Labute approximate surface area is 440 Å². The lowest BCUT2D eigenvalue weighted by molar-refractivity contribution is 0.418. The van der Waals surface area contributed by atoms with Crippen LogP contribution >= 0.6 is 0 Å². The molecule has 2 nitrogen and oxygen atoms in total. The molecule has 2 aliphatic heterocycles. The molecule has 0 bridgehead atoms. The van der Waals surface area contributed by atoms with Gasteiger partial charge in [0, 0.05) is 34.1 Å². The summed E-state index contributed by atoms with van der Waals surface area (Å²) in [6, 6.07) is 85.0. The van der Waals surface area contributed by atoms with Crippen molar-refractivity contribution < 1.29 is 0 Å². The highest BCUT2D eigenvalue weighted by Gasteiger charge is 2.44. The number of para-hydroxylation sites is 4. The molecule has 358 valence electrons. The zero-order valence-corrected chi connectivity index (χ0v) is 42.5. The number of benzene rings is 11. The van der Waals surface area contributed by atoms with Gasteiger partial charge in [-0.25, -0.2) is 0 Å². The van der Waals surface area contributed by atoms with Crippen LogP contribution in [0.15, 0.2) is 237 Å². The summed E-state index contributed by atoms with van der Waals surface area (Å²) in [6.45, 7) is 4.94. The third kappa shape index (κ3) is 6.93. The minimum absolute atomic E-state index is 0.0232. The predicted molar refractivity (Wildman–Crippen MR) is 318 cm³/mol. The Morgan fingerprint density at radius 1 is 0.373 bits per heavy atom. The first-order chi connectivity index (χ1) is 37.0. The third-order valence-electron chi connectivity index (χ3n) is 17.5. The van der Waals surface area contributed by atoms with Gasteiger partial charge in [0.2, 0.25) is 0 Å². The molecule has 0 saturated heterocycles. The normalized spacial score (nSPS) is 16.2. The summed E-state index contributed by atoms with van der Waals surface area (Å²) in [7, 11) is 0. The van der Waals surface area contributed by atoms with Gasteiger partial charge in [-0.15, -0.1) is 0 Å². The molecule has 1 atom stereocenters. The third-order valence-corrected chi connectivity index (χ3v) is 17.5. The van der Waals surface area contributed by atoms with Gasteiger partial charge < -0.3 is 9.80 Å². The Morgan fingerprint density at radius 3 is 1.44 bits per heavy atom. The van der Waals surface area contributed by atoms with E-state index in [0.717, 1.165) is 32.1 Å². The summed E-state index contributed by atoms with van der Waals surface area (Å²) >= 11 is 0. The second kappa shape index (κ2) is 17.2. The monoisotopic (exact) mass is 960 g/mol. The lowest BCUT2D eigenvalue weighted by Crippen LogP contribution is -2.25. The van der Waals surface area contributed by atoms with Crippen LogP contribution in [0, 0.1) is 5.92 Å². The van der Waals surface area contributed by atoms with E-state index in [1.165, 1.54) is 139 Å². The Balaban J connectivity index is 1.03. The zero-order valence-electron chi connectivity index (χ0n) is 42.5. The zero-order chi connectivity index (χ0) is 49.8. The fourth-order valence-electron chi connectivity index (χ4n) is 13.8. The highest BCUT2D eigenvalue weighted by atomic mass is 15.2. The maximum absolute atomic E-state index is 2.55. The summed E-state index contributed by atoms with van der Waals surface area (Å²) in [5, 5.41) is 7.60. The van der Waals surface area contributed by atoms with E-state index in [2.05, 4.69) is 260 Å². The number of hydrogen-bond acceptors (Lipinski definition) is 2. The van der Waals surface area contributed by atoms with Crippen molar-refractivity contribution in [1.29, 1.82) is 0 Å². The summed E-state index contributed by atoms with van der Waals surface area (Å²) in [4.78, 5) is 5.09. The first-order valence-electron chi connectivity index (χ1n) is 27.0. The average Bonchev–Trinajstić information content (AvgIpc) is 3.58. The number of fused-ring (bicyclic) bond motifs is 10. The van der Waals surface area contributed by atoms with Crippen LogP contribution in [0.5, 0.6) is 0 Å². The van der Waals surface area contributed by atoms with E-state index in [9.17, 15) is 0 Å². The van der Waals surface area contributed by atoms with Crippen LogP contribution in [0.1, 0.15) is 59.2 Å². The molecule has 0 spiro atoms. The fraction of sp³-hybridized carbons (Fsp3) is 0.123. The second-order valence-corrected chi connectivity index (χ2v) is 21.8. The topological polar surface area (TPSA) is 6.48 Å². The molecule has 2 heterocycles. The van der Waals surface area contributed by atoms with Gasteiger partial charge in [-0.1, -0.05) is 202 Å². The molecule has 0 saturated carbocycles. The molecule has 2 heteroatoms. The second-order valence-electron chi connectivity index (χ2n) is 21.8. The van der Waals surface area contributed by atoms with Gasteiger partial charge in [-0.2, -0.15) is 0 Å². The smallest absolute Gasteiger partial charge is 0.0493 e. The summed E-state index contributed by atoms with van der Waals surface area (Å²) in [5.41, 5.74) is 24.8. The highest BCUT2D eigenvalue weighted by molar-refractivity contribution is 6.21. The molecule has 0 aromatic heterocycles. The van der Waals surface area contributed by atoms with E-state index >= 15 is 0 Å². The molecule has 4 aliphatic rings. The highest BCUT2D eigenvalue weighted by Crippen LogP contribution is 2.57. The van der Waals surface area contributed by atoms with Crippen LogP contribution in [-0.4, -0.2) is 0 Å². The van der Waals surface area contributed by atoms with Crippen LogP contribution in [0.25, 0.3) is 65.7 Å². The number of hydrogen-bond donors (Lipinski definition) is 0. The van der Waals surface area contributed by atoms with Crippen molar-refractivity contribution in [2.75, 3.05) is 9.80 Å². The van der Waals surface area contributed by atoms with E-state index < -0.39 is 0 Å². The SMILES string of the molecule is CC1(C)c2ccccc2C2=CC=C(c3c4cc(N5c6ccccc6CCc6ccccc65)ccc4c(-c4ccc(-c5cccc6ccccc56)cc4)c4cc(N5c6ccccc6CCc6ccccc65)ccc34)CC21. The molecule has 11 aromatic carbocycles.